The Kier molecular flexibility index (Phi) is 3.96. The zero-order chi connectivity index (χ0) is 15.7. The van der Waals surface area contributed by atoms with Crippen LogP contribution < -0.4 is 14.2 Å². The van der Waals surface area contributed by atoms with Gasteiger partial charge in [0.05, 0.1) is 27.0 Å². The van der Waals surface area contributed by atoms with E-state index < -0.39 is 0 Å². The van der Waals surface area contributed by atoms with Crippen molar-refractivity contribution >= 4 is 11.9 Å². The Morgan fingerprint density at radius 2 is 1.73 bits per heavy atom. The summed E-state index contributed by atoms with van der Waals surface area (Å²) < 4.78 is 16.2. The summed E-state index contributed by atoms with van der Waals surface area (Å²) in [6.07, 6.45) is 3.85. The molecule has 0 unspecified atom stereocenters. The van der Waals surface area contributed by atoms with Gasteiger partial charge in [-0.25, -0.2) is 0 Å². The molecule has 3 heterocycles. The molecule has 3 saturated heterocycles. The fourth-order valence-corrected chi connectivity index (χ4v) is 3.30. The number of ether oxygens (including phenoxy) is 3. The summed E-state index contributed by atoms with van der Waals surface area (Å²) in [4.78, 5) is 14.6. The summed E-state index contributed by atoms with van der Waals surface area (Å²) in [5, 5.41) is 0. The lowest BCUT2D eigenvalue weighted by Gasteiger charge is -2.41. The molecule has 0 saturated carbocycles. The summed E-state index contributed by atoms with van der Waals surface area (Å²) in [6.45, 7) is 1.91. The fraction of sp³-hybridized carbons (Fsp3) is 0.471. The number of nitrogens with zero attached hydrogens (tertiary/aromatic N) is 1. The van der Waals surface area contributed by atoms with Gasteiger partial charge in [0.25, 0.3) is 0 Å². The summed E-state index contributed by atoms with van der Waals surface area (Å²) in [5.41, 5.74) is 1.61. The first kappa shape index (κ1) is 14.8. The zero-order valence-electron chi connectivity index (χ0n) is 13.2. The number of benzene rings is 1. The first-order valence-corrected chi connectivity index (χ1v) is 7.49. The van der Waals surface area contributed by atoms with Crippen molar-refractivity contribution in [3.8, 4) is 17.2 Å². The number of fused-ring (bicyclic) bond motifs is 3. The first-order chi connectivity index (χ1) is 10.7. The normalized spacial score (nSPS) is 19.7. The highest BCUT2D eigenvalue weighted by molar-refractivity contribution is 6.02. The van der Waals surface area contributed by atoms with Gasteiger partial charge in [0, 0.05) is 24.6 Å². The number of Topliss-reactive ketones (excluding diaryl/α,β-unsaturated/α-hetero) is 1. The summed E-state index contributed by atoms with van der Waals surface area (Å²) in [7, 11) is 4.76. The van der Waals surface area contributed by atoms with Crippen molar-refractivity contribution in [3.05, 3.63) is 23.4 Å². The lowest BCUT2D eigenvalue weighted by Crippen LogP contribution is -2.45. The van der Waals surface area contributed by atoms with Crippen LogP contribution >= 0.6 is 0 Å². The van der Waals surface area contributed by atoms with Gasteiger partial charge in [0.2, 0.25) is 5.75 Å². The van der Waals surface area contributed by atoms with E-state index in [1.165, 1.54) is 0 Å². The number of carbonyl (C=O) groups is 1. The van der Waals surface area contributed by atoms with Gasteiger partial charge in [0.1, 0.15) is 0 Å². The number of methoxy groups -OCH3 is 3. The highest BCUT2D eigenvalue weighted by Crippen LogP contribution is 2.41. The minimum atomic E-state index is 0.183. The van der Waals surface area contributed by atoms with Crippen molar-refractivity contribution in [2.45, 2.75) is 12.8 Å². The van der Waals surface area contributed by atoms with Gasteiger partial charge < -0.3 is 19.1 Å². The van der Waals surface area contributed by atoms with Crippen molar-refractivity contribution in [1.29, 1.82) is 0 Å². The molecule has 5 nitrogen and oxygen atoms in total. The van der Waals surface area contributed by atoms with E-state index in [-0.39, 0.29) is 11.7 Å². The Hall–Kier alpha value is -2.17. The molecule has 22 heavy (non-hydrogen) atoms. The molecule has 0 amide bonds. The minimum absolute atomic E-state index is 0.183. The minimum Gasteiger partial charge on any atom is -0.493 e. The molecule has 0 N–H and O–H groups in total. The van der Waals surface area contributed by atoms with E-state index in [9.17, 15) is 4.79 Å². The maximum atomic E-state index is 12.5. The van der Waals surface area contributed by atoms with Gasteiger partial charge in [-0.2, -0.15) is 0 Å². The molecule has 0 radical (unpaired) electrons. The van der Waals surface area contributed by atoms with Crippen molar-refractivity contribution in [2.75, 3.05) is 34.4 Å². The Morgan fingerprint density at radius 1 is 1.05 bits per heavy atom. The first-order valence-electron chi connectivity index (χ1n) is 7.49. The molecular weight excluding hydrogens is 282 g/mol. The topological polar surface area (TPSA) is 48.0 Å². The number of rotatable bonds is 4. The molecule has 118 valence electrons. The summed E-state index contributed by atoms with van der Waals surface area (Å²) in [5.74, 6) is 2.17. The number of allylic oxidation sites excluding steroid dienone is 1. The van der Waals surface area contributed by atoms with Crippen LogP contribution in [0, 0.1) is 5.92 Å². The molecule has 0 atom stereocenters. The molecule has 0 aliphatic carbocycles. The lowest BCUT2D eigenvalue weighted by atomic mass is 9.84. The van der Waals surface area contributed by atoms with Crippen LogP contribution in [0.2, 0.25) is 0 Å². The molecule has 3 aliphatic rings. The van der Waals surface area contributed by atoms with Crippen LogP contribution in [0.1, 0.15) is 18.4 Å². The number of hydrogen-bond donors (Lipinski definition) is 0. The third-order valence-corrected chi connectivity index (χ3v) is 4.49. The van der Waals surface area contributed by atoms with Crippen LogP contribution in [0.15, 0.2) is 17.8 Å². The molecule has 0 aromatic heterocycles. The predicted octanol–water partition coefficient (Wildman–Crippen LogP) is 2.35. The van der Waals surface area contributed by atoms with Crippen molar-refractivity contribution in [2.24, 2.45) is 5.92 Å². The van der Waals surface area contributed by atoms with Crippen LogP contribution in [0.3, 0.4) is 0 Å². The molecule has 1 aromatic rings. The third-order valence-electron chi connectivity index (χ3n) is 4.49. The van der Waals surface area contributed by atoms with E-state index >= 15 is 0 Å². The van der Waals surface area contributed by atoms with E-state index in [4.69, 9.17) is 14.2 Å². The van der Waals surface area contributed by atoms with E-state index in [2.05, 4.69) is 4.90 Å². The molecule has 3 aliphatic heterocycles. The molecule has 3 fully saturated rings. The Balaban J connectivity index is 2.05. The molecule has 5 heteroatoms. The van der Waals surface area contributed by atoms with Gasteiger partial charge in [-0.05, 0) is 31.1 Å². The number of piperidine rings is 3. The Bertz CT molecular complexity index is 615. The van der Waals surface area contributed by atoms with Crippen LogP contribution in [-0.2, 0) is 4.79 Å². The van der Waals surface area contributed by atoms with E-state index in [0.717, 1.165) is 37.2 Å². The molecule has 2 bridgehead atoms. The zero-order valence-corrected chi connectivity index (χ0v) is 13.2. The van der Waals surface area contributed by atoms with Crippen LogP contribution in [-0.4, -0.2) is 45.1 Å². The van der Waals surface area contributed by atoms with E-state index in [1.807, 2.05) is 18.2 Å². The highest BCUT2D eigenvalue weighted by Gasteiger charge is 2.36. The SMILES string of the molecule is COc1ccc(C=C2C(=O)C3CCN2CC3)c(OC)c1OC. The van der Waals surface area contributed by atoms with Crippen molar-refractivity contribution in [1.82, 2.24) is 4.90 Å². The Morgan fingerprint density at radius 3 is 2.27 bits per heavy atom. The third kappa shape index (κ3) is 2.30. The molecular formula is C17H21NO4. The van der Waals surface area contributed by atoms with Crippen molar-refractivity contribution < 1.29 is 19.0 Å². The molecule has 1 aromatic carbocycles. The number of carbonyl (C=O) groups excluding carboxylic acids is 1. The predicted molar refractivity (Wildman–Crippen MR) is 83.4 cm³/mol. The highest BCUT2D eigenvalue weighted by atomic mass is 16.5. The second-order valence-corrected chi connectivity index (χ2v) is 5.58. The van der Waals surface area contributed by atoms with Gasteiger partial charge in [-0.15, -0.1) is 0 Å². The van der Waals surface area contributed by atoms with Gasteiger partial charge >= 0.3 is 0 Å². The van der Waals surface area contributed by atoms with Crippen molar-refractivity contribution in [3.63, 3.8) is 0 Å². The number of hydrogen-bond acceptors (Lipinski definition) is 5. The largest absolute Gasteiger partial charge is 0.493 e. The quantitative estimate of drug-likeness (QED) is 0.799. The van der Waals surface area contributed by atoms with Gasteiger partial charge in [-0.3, -0.25) is 4.79 Å². The van der Waals surface area contributed by atoms with E-state index in [0.29, 0.717) is 17.2 Å². The second kappa shape index (κ2) is 5.91. The average Bonchev–Trinajstić information content (AvgIpc) is 2.57. The van der Waals surface area contributed by atoms with Gasteiger partial charge in [-0.1, -0.05) is 0 Å². The standard InChI is InChI=1S/C17H21NO4/c1-20-14-5-4-12(16(21-2)17(14)22-3)10-13-15(19)11-6-8-18(13)9-7-11/h4-5,10-11H,6-9H2,1-3H3. The molecule has 0 spiro atoms. The molecule has 4 rings (SSSR count). The smallest absolute Gasteiger partial charge is 0.203 e. The monoisotopic (exact) mass is 303 g/mol. The summed E-state index contributed by atoms with van der Waals surface area (Å²) in [6, 6.07) is 3.72. The Labute approximate surface area is 130 Å². The van der Waals surface area contributed by atoms with E-state index in [1.54, 1.807) is 21.3 Å². The average molecular weight is 303 g/mol. The van der Waals surface area contributed by atoms with Crippen LogP contribution in [0.4, 0.5) is 0 Å². The van der Waals surface area contributed by atoms with Crippen LogP contribution in [0.25, 0.3) is 6.08 Å². The maximum Gasteiger partial charge on any atom is 0.203 e. The van der Waals surface area contributed by atoms with Crippen LogP contribution in [0.5, 0.6) is 17.2 Å². The maximum absolute atomic E-state index is 12.5. The number of ketones is 1. The lowest BCUT2D eigenvalue weighted by molar-refractivity contribution is -0.125. The van der Waals surface area contributed by atoms with Gasteiger partial charge in [0.15, 0.2) is 17.3 Å². The summed E-state index contributed by atoms with van der Waals surface area (Å²) >= 11 is 0. The fourth-order valence-electron chi connectivity index (χ4n) is 3.30. The second-order valence-electron chi connectivity index (χ2n) is 5.58.